The Balaban J connectivity index is 1.90. The predicted octanol–water partition coefficient (Wildman–Crippen LogP) is 3.24. The third-order valence-corrected chi connectivity index (χ3v) is 2.52. The Morgan fingerprint density at radius 1 is 1.40 bits per heavy atom. The van der Waals surface area contributed by atoms with Crippen LogP contribution in [0.3, 0.4) is 0 Å². The van der Waals surface area contributed by atoms with Crippen LogP contribution >= 0.6 is 11.6 Å². The first-order chi connectivity index (χ1) is 7.24. The van der Waals surface area contributed by atoms with Crippen molar-refractivity contribution in [1.29, 1.82) is 0 Å². The average molecular weight is 226 g/mol. The quantitative estimate of drug-likeness (QED) is 0.830. The number of nitrogens with one attached hydrogen (secondary N) is 1. The maximum atomic E-state index is 12.9. The summed E-state index contributed by atoms with van der Waals surface area (Å²) in [5.41, 5.74) is 0.803. The SMILES string of the molecule is Fc1cc(Cl)cc(/C=C/CNC2CC2)c1. The molecule has 0 aromatic heterocycles. The molecule has 0 atom stereocenters. The van der Waals surface area contributed by atoms with E-state index in [1.165, 1.54) is 25.0 Å². The van der Waals surface area contributed by atoms with Gasteiger partial charge in [0.1, 0.15) is 5.82 Å². The Morgan fingerprint density at radius 2 is 2.20 bits per heavy atom. The van der Waals surface area contributed by atoms with E-state index in [4.69, 9.17) is 11.6 Å². The monoisotopic (exact) mass is 225 g/mol. The summed E-state index contributed by atoms with van der Waals surface area (Å²) >= 11 is 5.73. The van der Waals surface area contributed by atoms with Gasteiger partial charge in [0, 0.05) is 17.6 Å². The zero-order valence-corrected chi connectivity index (χ0v) is 9.10. The lowest BCUT2D eigenvalue weighted by atomic mass is 10.2. The van der Waals surface area contributed by atoms with Gasteiger partial charge in [0.2, 0.25) is 0 Å². The van der Waals surface area contributed by atoms with Crippen molar-refractivity contribution in [3.8, 4) is 0 Å². The summed E-state index contributed by atoms with van der Waals surface area (Å²) in [6.45, 7) is 0.832. The molecule has 1 saturated carbocycles. The van der Waals surface area contributed by atoms with Gasteiger partial charge in [-0.3, -0.25) is 0 Å². The number of halogens is 2. The van der Waals surface area contributed by atoms with Gasteiger partial charge < -0.3 is 5.32 Å². The van der Waals surface area contributed by atoms with E-state index < -0.39 is 0 Å². The summed E-state index contributed by atoms with van der Waals surface area (Å²) in [6.07, 6.45) is 6.42. The lowest BCUT2D eigenvalue weighted by Gasteiger charge is -1.97. The molecule has 0 amide bonds. The smallest absolute Gasteiger partial charge is 0.125 e. The van der Waals surface area contributed by atoms with Gasteiger partial charge in [0.15, 0.2) is 0 Å². The van der Waals surface area contributed by atoms with Gasteiger partial charge in [0.25, 0.3) is 0 Å². The summed E-state index contributed by atoms with van der Waals surface area (Å²) in [5.74, 6) is -0.294. The van der Waals surface area contributed by atoms with E-state index in [-0.39, 0.29) is 5.82 Å². The zero-order chi connectivity index (χ0) is 10.7. The lowest BCUT2D eigenvalue weighted by molar-refractivity contribution is 0.627. The lowest BCUT2D eigenvalue weighted by Crippen LogP contribution is -2.15. The molecule has 80 valence electrons. The van der Waals surface area contributed by atoms with E-state index in [9.17, 15) is 4.39 Å². The highest BCUT2D eigenvalue weighted by Gasteiger charge is 2.18. The summed E-state index contributed by atoms with van der Waals surface area (Å²) in [5, 5.41) is 3.78. The number of hydrogen-bond acceptors (Lipinski definition) is 1. The van der Waals surface area contributed by atoms with Crippen LogP contribution in [-0.2, 0) is 0 Å². The summed E-state index contributed by atoms with van der Waals surface area (Å²) in [7, 11) is 0. The molecule has 0 bridgehead atoms. The molecular weight excluding hydrogens is 213 g/mol. The van der Waals surface area contributed by atoms with E-state index in [1.54, 1.807) is 6.07 Å². The molecule has 0 saturated heterocycles. The van der Waals surface area contributed by atoms with Gasteiger partial charge in [-0.05, 0) is 36.6 Å². The Bertz CT molecular complexity index is 352. The van der Waals surface area contributed by atoms with Crippen LogP contribution in [0.2, 0.25) is 5.02 Å². The summed E-state index contributed by atoms with van der Waals surface area (Å²) in [6, 6.07) is 5.23. The van der Waals surface area contributed by atoms with E-state index >= 15 is 0 Å². The van der Waals surface area contributed by atoms with Crippen LogP contribution < -0.4 is 5.32 Å². The molecule has 1 aromatic rings. The molecule has 1 fully saturated rings. The van der Waals surface area contributed by atoms with Crippen LogP contribution in [0.5, 0.6) is 0 Å². The standard InChI is InChI=1S/C12H13ClFN/c13-10-6-9(7-11(14)8-10)2-1-5-15-12-3-4-12/h1-2,6-8,12,15H,3-5H2/b2-1+. The maximum absolute atomic E-state index is 12.9. The normalized spacial score (nSPS) is 16.1. The highest BCUT2D eigenvalue weighted by Crippen LogP contribution is 2.18. The van der Waals surface area contributed by atoms with Gasteiger partial charge in [-0.15, -0.1) is 0 Å². The van der Waals surface area contributed by atoms with Crippen LogP contribution in [0, 0.1) is 5.82 Å². The Labute approximate surface area is 93.9 Å². The van der Waals surface area contributed by atoms with Crippen molar-refractivity contribution in [2.45, 2.75) is 18.9 Å². The second-order valence-electron chi connectivity index (χ2n) is 3.79. The van der Waals surface area contributed by atoms with Crippen LogP contribution in [0.15, 0.2) is 24.3 Å². The summed E-state index contributed by atoms with van der Waals surface area (Å²) in [4.78, 5) is 0. The van der Waals surface area contributed by atoms with Gasteiger partial charge in [-0.1, -0.05) is 23.8 Å². The molecule has 0 heterocycles. The largest absolute Gasteiger partial charge is 0.311 e. The van der Waals surface area contributed by atoms with Crippen molar-refractivity contribution >= 4 is 17.7 Å². The van der Waals surface area contributed by atoms with Crippen molar-refractivity contribution in [3.05, 3.63) is 40.7 Å². The Morgan fingerprint density at radius 3 is 2.87 bits per heavy atom. The molecule has 1 aromatic carbocycles. The third kappa shape index (κ3) is 3.65. The Hall–Kier alpha value is -0.860. The van der Waals surface area contributed by atoms with Crippen molar-refractivity contribution in [2.24, 2.45) is 0 Å². The fourth-order valence-electron chi connectivity index (χ4n) is 1.39. The highest BCUT2D eigenvalue weighted by atomic mass is 35.5. The maximum Gasteiger partial charge on any atom is 0.125 e. The van der Waals surface area contributed by atoms with Crippen LogP contribution in [0.4, 0.5) is 4.39 Å². The van der Waals surface area contributed by atoms with Gasteiger partial charge in [0.05, 0.1) is 0 Å². The van der Waals surface area contributed by atoms with Gasteiger partial charge in [-0.2, -0.15) is 0 Å². The fraction of sp³-hybridized carbons (Fsp3) is 0.333. The second-order valence-corrected chi connectivity index (χ2v) is 4.22. The zero-order valence-electron chi connectivity index (χ0n) is 8.34. The molecule has 0 aliphatic heterocycles. The minimum absolute atomic E-state index is 0.294. The predicted molar refractivity (Wildman–Crippen MR) is 61.5 cm³/mol. The van der Waals surface area contributed by atoms with Crippen LogP contribution in [0.25, 0.3) is 6.08 Å². The highest BCUT2D eigenvalue weighted by molar-refractivity contribution is 6.30. The number of rotatable bonds is 4. The third-order valence-electron chi connectivity index (χ3n) is 2.30. The summed E-state index contributed by atoms with van der Waals surface area (Å²) < 4.78 is 12.9. The minimum atomic E-state index is -0.294. The molecule has 15 heavy (non-hydrogen) atoms. The van der Waals surface area contributed by atoms with Gasteiger partial charge >= 0.3 is 0 Å². The van der Waals surface area contributed by atoms with E-state index in [0.717, 1.165) is 12.1 Å². The van der Waals surface area contributed by atoms with Crippen LogP contribution in [0.1, 0.15) is 18.4 Å². The molecule has 1 N–H and O–H groups in total. The minimum Gasteiger partial charge on any atom is -0.311 e. The van der Waals surface area contributed by atoms with E-state index in [0.29, 0.717) is 11.1 Å². The first-order valence-electron chi connectivity index (χ1n) is 5.10. The molecule has 1 aliphatic carbocycles. The second kappa shape index (κ2) is 4.77. The van der Waals surface area contributed by atoms with E-state index in [2.05, 4.69) is 5.32 Å². The average Bonchev–Trinajstić information content (AvgIpc) is 2.94. The molecule has 0 unspecified atom stereocenters. The topological polar surface area (TPSA) is 12.0 Å². The van der Waals surface area contributed by atoms with Gasteiger partial charge in [-0.25, -0.2) is 4.39 Å². The van der Waals surface area contributed by atoms with E-state index in [1.807, 2.05) is 12.2 Å². The van der Waals surface area contributed by atoms with Crippen molar-refractivity contribution in [3.63, 3.8) is 0 Å². The molecule has 3 heteroatoms. The molecule has 0 spiro atoms. The molecular formula is C12H13ClFN. The van der Waals surface area contributed by atoms with Crippen molar-refractivity contribution < 1.29 is 4.39 Å². The molecule has 1 aliphatic rings. The van der Waals surface area contributed by atoms with Crippen molar-refractivity contribution in [2.75, 3.05) is 6.54 Å². The fourth-order valence-corrected chi connectivity index (χ4v) is 1.62. The first-order valence-corrected chi connectivity index (χ1v) is 5.48. The Kier molecular flexibility index (Phi) is 3.39. The number of benzene rings is 1. The molecule has 0 radical (unpaired) electrons. The first kappa shape index (κ1) is 10.7. The van der Waals surface area contributed by atoms with Crippen LogP contribution in [-0.4, -0.2) is 12.6 Å². The molecule has 2 rings (SSSR count). The van der Waals surface area contributed by atoms with Crippen molar-refractivity contribution in [1.82, 2.24) is 5.32 Å². The number of hydrogen-bond donors (Lipinski definition) is 1. The molecule has 1 nitrogen and oxygen atoms in total.